The maximum absolute atomic E-state index is 13.3. The number of hydrogen-bond acceptors (Lipinski definition) is 6. The van der Waals surface area contributed by atoms with Gasteiger partial charge in [-0.05, 0) is 75.7 Å². The first-order valence-corrected chi connectivity index (χ1v) is 14.4. The van der Waals surface area contributed by atoms with Gasteiger partial charge in [-0.3, -0.25) is 9.59 Å². The Balaban J connectivity index is 1.17. The van der Waals surface area contributed by atoms with Gasteiger partial charge in [-0.15, -0.1) is 0 Å². The molecule has 0 radical (unpaired) electrons. The van der Waals surface area contributed by atoms with E-state index in [1.54, 1.807) is 6.08 Å². The Bertz CT molecular complexity index is 1610. The van der Waals surface area contributed by atoms with Crippen LogP contribution in [0.25, 0.3) is 33.6 Å². The molecule has 10 heteroatoms. The minimum atomic E-state index is -0.143. The van der Waals surface area contributed by atoms with Crippen LogP contribution in [0.4, 0.5) is 0 Å². The molecule has 6 rings (SSSR count). The molecule has 1 aromatic carbocycles. The Labute approximate surface area is 239 Å². The van der Waals surface area contributed by atoms with Gasteiger partial charge in [0.1, 0.15) is 5.65 Å². The number of benzene rings is 1. The van der Waals surface area contributed by atoms with Gasteiger partial charge in [0.25, 0.3) is 5.91 Å². The van der Waals surface area contributed by atoms with Crippen molar-refractivity contribution in [3.05, 3.63) is 60.3 Å². The van der Waals surface area contributed by atoms with Crippen LogP contribution in [0.15, 0.2) is 54.7 Å². The molecular weight excluding hydrogens is 516 g/mol. The average Bonchev–Trinajstić information content (AvgIpc) is 3.62. The van der Waals surface area contributed by atoms with E-state index < -0.39 is 0 Å². The van der Waals surface area contributed by atoms with Gasteiger partial charge in [-0.25, -0.2) is 9.97 Å². The summed E-state index contributed by atoms with van der Waals surface area (Å²) in [5, 5.41) is 10.6. The molecule has 0 spiro atoms. The first-order chi connectivity index (χ1) is 19.9. The third-order valence-corrected chi connectivity index (χ3v) is 7.94. The van der Waals surface area contributed by atoms with Crippen LogP contribution in [-0.2, 0) is 18.4 Å². The van der Waals surface area contributed by atoms with Gasteiger partial charge in [0.15, 0.2) is 5.82 Å². The lowest BCUT2D eigenvalue weighted by Gasteiger charge is -2.31. The third-order valence-electron chi connectivity index (χ3n) is 7.94. The van der Waals surface area contributed by atoms with Crippen LogP contribution in [0, 0.1) is 5.92 Å². The van der Waals surface area contributed by atoms with E-state index in [0.29, 0.717) is 37.5 Å². The molecule has 2 atom stereocenters. The fourth-order valence-corrected chi connectivity index (χ4v) is 5.64. The summed E-state index contributed by atoms with van der Waals surface area (Å²) in [5.41, 5.74) is 4.36. The maximum atomic E-state index is 13.3. The zero-order valence-electron chi connectivity index (χ0n) is 23.9. The van der Waals surface area contributed by atoms with Crippen molar-refractivity contribution < 1.29 is 9.59 Å². The second-order valence-electron chi connectivity index (χ2n) is 11.6. The van der Waals surface area contributed by atoms with Crippen LogP contribution in [0.3, 0.4) is 0 Å². The van der Waals surface area contributed by atoms with Crippen LogP contribution in [0.2, 0.25) is 0 Å². The third kappa shape index (κ3) is 6.03. The van der Waals surface area contributed by atoms with Gasteiger partial charge >= 0.3 is 0 Å². The topological polar surface area (TPSA) is 109 Å². The first-order valence-electron chi connectivity index (χ1n) is 14.4. The molecule has 10 nitrogen and oxygen atoms in total. The number of rotatable bonds is 9. The molecule has 41 heavy (non-hydrogen) atoms. The lowest BCUT2D eigenvalue weighted by Crippen LogP contribution is -2.55. The Morgan fingerprint density at radius 2 is 1.93 bits per heavy atom. The second kappa shape index (κ2) is 11.5. The van der Waals surface area contributed by atoms with Crippen molar-refractivity contribution in [2.45, 2.75) is 37.9 Å². The highest BCUT2D eigenvalue weighted by Gasteiger charge is 2.27. The molecule has 1 aliphatic carbocycles. The highest BCUT2D eigenvalue weighted by molar-refractivity contribution is 5.98. The number of nitrogens with zero attached hydrogens (tertiary/aromatic N) is 5. The summed E-state index contributed by atoms with van der Waals surface area (Å²) in [6.45, 7) is 2.98. The summed E-state index contributed by atoms with van der Waals surface area (Å²) < 4.78 is 4.39. The number of hydrogen-bond donors (Lipinski definition) is 3. The summed E-state index contributed by atoms with van der Waals surface area (Å²) in [7, 11) is 5.94. The molecule has 214 valence electrons. The van der Waals surface area contributed by atoms with Crippen molar-refractivity contribution in [3.8, 4) is 11.5 Å². The minimum absolute atomic E-state index is 0.0525. The number of piperidine rings is 1. The number of fused-ring (bicyclic) bond motifs is 2. The number of carbonyl (C=O) groups excluding carboxylic acids is 2. The SMILES string of the molecule is CN(C)C/C=C/C(=O)NC1CNC[C@H](NC(=O)c2ccc3c(c2)nc(-c2cc4cccnc4n2CC2CC2)n3C)C1. The quantitative estimate of drug-likeness (QED) is 0.275. The van der Waals surface area contributed by atoms with Crippen molar-refractivity contribution >= 4 is 33.9 Å². The second-order valence-corrected chi connectivity index (χ2v) is 11.6. The van der Waals surface area contributed by atoms with E-state index in [1.165, 1.54) is 12.8 Å². The Morgan fingerprint density at radius 3 is 2.71 bits per heavy atom. The molecule has 3 aromatic heterocycles. The fraction of sp³-hybridized carbons (Fsp3) is 0.419. The van der Waals surface area contributed by atoms with E-state index in [0.717, 1.165) is 40.1 Å². The van der Waals surface area contributed by atoms with E-state index in [-0.39, 0.29) is 23.9 Å². The zero-order valence-corrected chi connectivity index (χ0v) is 23.9. The largest absolute Gasteiger partial charge is 0.348 e. The van der Waals surface area contributed by atoms with Gasteiger partial charge < -0.3 is 30.0 Å². The van der Waals surface area contributed by atoms with Crippen molar-refractivity contribution in [2.75, 3.05) is 33.7 Å². The van der Waals surface area contributed by atoms with Gasteiger partial charge in [-0.2, -0.15) is 0 Å². The molecule has 4 aromatic rings. The minimum Gasteiger partial charge on any atom is -0.348 e. The summed E-state index contributed by atoms with van der Waals surface area (Å²) in [6.07, 6.45) is 8.43. The van der Waals surface area contributed by atoms with Crippen molar-refractivity contribution in [3.63, 3.8) is 0 Å². The molecule has 0 bridgehead atoms. The van der Waals surface area contributed by atoms with Crippen molar-refractivity contribution in [2.24, 2.45) is 13.0 Å². The predicted octanol–water partition coefficient (Wildman–Crippen LogP) is 2.69. The Morgan fingerprint density at radius 1 is 1.12 bits per heavy atom. The number of aromatic nitrogens is 4. The number of nitrogens with one attached hydrogen (secondary N) is 3. The van der Waals surface area contributed by atoms with Gasteiger partial charge in [0.2, 0.25) is 5.91 Å². The molecule has 1 aliphatic heterocycles. The van der Waals surface area contributed by atoms with Crippen LogP contribution in [0.1, 0.15) is 29.6 Å². The van der Waals surface area contributed by atoms with Crippen LogP contribution < -0.4 is 16.0 Å². The normalized spacial score (nSPS) is 19.4. The number of pyridine rings is 1. The van der Waals surface area contributed by atoms with Crippen molar-refractivity contribution in [1.82, 2.24) is 40.0 Å². The summed E-state index contributed by atoms with van der Waals surface area (Å²) >= 11 is 0. The number of likely N-dealkylation sites (N-methyl/N-ethyl adjacent to an activating group) is 1. The molecule has 1 unspecified atom stereocenters. The summed E-state index contributed by atoms with van der Waals surface area (Å²) in [5.74, 6) is 1.30. The Kier molecular flexibility index (Phi) is 7.59. The van der Waals surface area contributed by atoms with Gasteiger partial charge in [0.05, 0.1) is 16.7 Å². The fourth-order valence-electron chi connectivity index (χ4n) is 5.64. The number of amides is 2. The number of aryl methyl sites for hydroxylation is 1. The summed E-state index contributed by atoms with van der Waals surface area (Å²) in [4.78, 5) is 37.2. The van der Waals surface area contributed by atoms with Crippen LogP contribution in [-0.4, -0.2) is 81.6 Å². The number of carbonyl (C=O) groups is 2. The van der Waals surface area contributed by atoms with E-state index in [2.05, 4.69) is 42.2 Å². The van der Waals surface area contributed by atoms with E-state index >= 15 is 0 Å². The highest BCUT2D eigenvalue weighted by Crippen LogP contribution is 2.35. The average molecular weight is 555 g/mol. The van der Waals surface area contributed by atoms with Crippen LogP contribution >= 0.6 is 0 Å². The smallest absolute Gasteiger partial charge is 0.251 e. The highest BCUT2D eigenvalue weighted by atomic mass is 16.2. The van der Waals surface area contributed by atoms with E-state index in [1.807, 2.05) is 62.6 Å². The summed E-state index contributed by atoms with van der Waals surface area (Å²) in [6, 6.07) is 11.8. The van der Waals surface area contributed by atoms with Gasteiger partial charge in [0, 0.05) is 68.5 Å². The van der Waals surface area contributed by atoms with Gasteiger partial charge in [-0.1, -0.05) is 6.08 Å². The monoisotopic (exact) mass is 554 g/mol. The van der Waals surface area contributed by atoms with Crippen molar-refractivity contribution in [1.29, 1.82) is 0 Å². The molecule has 3 N–H and O–H groups in total. The number of imidazole rings is 1. The lowest BCUT2D eigenvalue weighted by molar-refractivity contribution is -0.117. The maximum Gasteiger partial charge on any atom is 0.251 e. The molecule has 1 saturated carbocycles. The molecule has 2 fully saturated rings. The van der Waals surface area contributed by atoms with E-state index in [9.17, 15) is 9.59 Å². The molecule has 4 heterocycles. The molecular formula is C31H38N8O2. The van der Waals surface area contributed by atoms with E-state index in [4.69, 9.17) is 4.98 Å². The lowest BCUT2D eigenvalue weighted by atomic mass is 10.0. The zero-order chi connectivity index (χ0) is 28.5. The molecule has 1 saturated heterocycles. The van der Waals surface area contributed by atoms with Crippen LogP contribution in [0.5, 0.6) is 0 Å². The first kappa shape index (κ1) is 27.2. The molecule has 2 amide bonds. The molecule has 2 aliphatic rings. The predicted molar refractivity (Wildman–Crippen MR) is 161 cm³/mol. The Hall–Kier alpha value is -4.02. The standard InChI is InChI=1S/C31H38N8O2/c1-37(2)13-5-7-28(40)34-23-16-24(18-32-17-23)35-31(41)22-10-11-26-25(14-22)36-30(38(26)3)27-15-21-6-4-12-33-29(21)39(27)19-20-8-9-20/h4-7,10-12,14-15,20,23-24,32H,8-9,13,16-19H2,1-3H3,(H,34,40)(H,35,41)/b7-5+/t23?,24-/m1/s1.